The second-order valence-corrected chi connectivity index (χ2v) is 6.68. The lowest BCUT2D eigenvalue weighted by atomic mass is 9.71. The van der Waals surface area contributed by atoms with E-state index in [1.165, 1.54) is 5.56 Å². The Labute approximate surface area is 129 Å². The van der Waals surface area contributed by atoms with Gasteiger partial charge in [0.05, 0.1) is 6.10 Å². The standard InChI is InChI=1S/C16H22BrNO2/c1-3-18-14-10-16(8-12(9-16)19-4-2)20-15-7-11(17)5-6-13(14)15/h5-7,12,14,18H,3-4,8-10H2,1-2H3. The van der Waals surface area contributed by atoms with E-state index in [1.807, 2.05) is 0 Å². The fourth-order valence-electron chi connectivity index (χ4n) is 3.44. The highest BCUT2D eigenvalue weighted by molar-refractivity contribution is 9.10. The number of hydrogen-bond donors (Lipinski definition) is 1. The van der Waals surface area contributed by atoms with Crippen LogP contribution in [0.1, 0.15) is 44.7 Å². The molecule has 1 fully saturated rings. The normalized spacial score (nSPS) is 31.6. The summed E-state index contributed by atoms with van der Waals surface area (Å²) in [5.41, 5.74) is 1.25. The molecule has 1 atom stereocenters. The number of fused-ring (bicyclic) bond motifs is 1. The van der Waals surface area contributed by atoms with Gasteiger partial charge in [0, 0.05) is 41.9 Å². The summed E-state index contributed by atoms with van der Waals surface area (Å²) in [6.45, 7) is 5.98. The number of rotatable bonds is 4. The summed E-state index contributed by atoms with van der Waals surface area (Å²) in [6.07, 6.45) is 3.43. The van der Waals surface area contributed by atoms with Crippen molar-refractivity contribution < 1.29 is 9.47 Å². The van der Waals surface area contributed by atoms with Crippen LogP contribution in [-0.2, 0) is 4.74 Å². The lowest BCUT2D eigenvalue weighted by Crippen LogP contribution is -2.56. The van der Waals surface area contributed by atoms with Gasteiger partial charge in [-0.15, -0.1) is 0 Å². The molecule has 1 aromatic rings. The molecule has 1 heterocycles. The Morgan fingerprint density at radius 2 is 2.15 bits per heavy atom. The van der Waals surface area contributed by atoms with E-state index in [-0.39, 0.29) is 5.60 Å². The Hall–Kier alpha value is -0.580. The third-order valence-electron chi connectivity index (χ3n) is 4.31. The summed E-state index contributed by atoms with van der Waals surface area (Å²) in [5.74, 6) is 1.02. The van der Waals surface area contributed by atoms with Gasteiger partial charge < -0.3 is 14.8 Å². The number of nitrogens with one attached hydrogen (secondary N) is 1. The molecule has 1 aliphatic heterocycles. The molecular formula is C16H22BrNO2. The SMILES string of the molecule is CCNC1CC2(CC(OCC)C2)Oc2cc(Br)ccc21. The quantitative estimate of drug-likeness (QED) is 0.904. The predicted molar refractivity (Wildman–Crippen MR) is 83.2 cm³/mol. The summed E-state index contributed by atoms with van der Waals surface area (Å²) < 4.78 is 13.1. The largest absolute Gasteiger partial charge is 0.487 e. The van der Waals surface area contributed by atoms with Crippen molar-refractivity contribution in [2.24, 2.45) is 0 Å². The molecule has 1 aromatic carbocycles. The summed E-state index contributed by atoms with van der Waals surface area (Å²) >= 11 is 3.54. The molecule has 1 saturated carbocycles. The molecule has 0 aromatic heterocycles. The predicted octanol–water partition coefficient (Wildman–Crippen LogP) is 3.82. The highest BCUT2D eigenvalue weighted by Crippen LogP contribution is 2.50. The summed E-state index contributed by atoms with van der Waals surface area (Å²) in [7, 11) is 0. The molecule has 110 valence electrons. The monoisotopic (exact) mass is 339 g/mol. The highest BCUT2D eigenvalue weighted by Gasteiger charge is 2.51. The van der Waals surface area contributed by atoms with Crippen LogP contribution >= 0.6 is 15.9 Å². The van der Waals surface area contributed by atoms with E-state index in [0.717, 1.165) is 42.6 Å². The van der Waals surface area contributed by atoms with Crippen LogP contribution in [0.5, 0.6) is 5.75 Å². The molecule has 0 saturated heterocycles. The molecule has 0 amide bonds. The van der Waals surface area contributed by atoms with Crippen molar-refractivity contribution in [3.8, 4) is 5.75 Å². The van der Waals surface area contributed by atoms with E-state index in [2.05, 4.69) is 53.3 Å². The zero-order valence-corrected chi connectivity index (χ0v) is 13.7. The number of hydrogen-bond acceptors (Lipinski definition) is 3. The Kier molecular flexibility index (Phi) is 4.07. The Balaban J connectivity index is 1.82. The van der Waals surface area contributed by atoms with Gasteiger partial charge in [0.15, 0.2) is 0 Å². The minimum Gasteiger partial charge on any atom is -0.487 e. The average molecular weight is 340 g/mol. The Morgan fingerprint density at radius 1 is 1.35 bits per heavy atom. The second-order valence-electron chi connectivity index (χ2n) is 5.77. The maximum atomic E-state index is 6.34. The maximum absolute atomic E-state index is 6.34. The number of benzene rings is 1. The molecule has 3 rings (SSSR count). The molecular weight excluding hydrogens is 318 g/mol. The van der Waals surface area contributed by atoms with Crippen molar-refractivity contribution in [2.45, 2.75) is 50.9 Å². The maximum Gasteiger partial charge on any atom is 0.126 e. The molecule has 0 radical (unpaired) electrons. The van der Waals surface area contributed by atoms with Crippen molar-refractivity contribution in [1.82, 2.24) is 5.32 Å². The first-order valence-electron chi connectivity index (χ1n) is 7.49. The molecule has 0 bridgehead atoms. The summed E-state index contributed by atoms with van der Waals surface area (Å²) in [5, 5.41) is 3.59. The van der Waals surface area contributed by atoms with Gasteiger partial charge in [-0.25, -0.2) is 0 Å². The van der Waals surface area contributed by atoms with E-state index in [4.69, 9.17) is 9.47 Å². The topological polar surface area (TPSA) is 30.5 Å². The van der Waals surface area contributed by atoms with E-state index < -0.39 is 0 Å². The summed E-state index contributed by atoms with van der Waals surface area (Å²) in [4.78, 5) is 0. The third-order valence-corrected chi connectivity index (χ3v) is 4.80. The first-order chi connectivity index (χ1) is 9.65. The lowest BCUT2D eigenvalue weighted by Gasteiger charge is -2.51. The molecule has 1 aliphatic carbocycles. The van der Waals surface area contributed by atoms with Crippen LogP contribution in [0.15, 0.2) is 22.7 Å². The third kappa shape index (κ3) is 2.61. The van der Waals surface area contributed by atoms with E-state index >= 15 is 0 Å². The fraction of sp³-hybridized carbons (Fsp3) is 0.625. The minimum absolute atomic E-state index is 0.0273. The van der Waals surface area contributed by atoms with Gasteiger partial charge in [0.2, 0.25) is 0 Å². The van der Waals surface area contributed by atoms with Crippen LogP contribution < -0.4 is 10.1 Å². The highest BCUT2D eigenvalue weighted by atomic mass is 79.9. The Morgan fingerprint density at radius 3 is 2.85 bits per heavy atom. The molecule has 4 heteroatoms. The van der Waals surface area contributed by atoms with Gasteiger partial charge in [-0.2, -0.15) is 0 Å². The molecule has 2 aliphatic rings. The molecule has 1 N–H and O–H groups in total. The van der Waals surface area contributed by atoms with Crippen molar-refractivity contribution >= 4 is 15.9 Å². The molecule has 20 heavy (non-hydrogen) atoms. The van der Waals surface area contributed by atoms with Gasteiger partial charge in [0.25, 0.3) is 0 Å². The summed E-state index contributed by atoms with van der Waals surface area (Å²) in [6, 6.07) is 6.74. The lowest BCUT2D eigenvalue weighted by molar-refractivity contribution is -0.135. The van der Waals surface area contributed by atoms with E-state index in [0.29, 0.717) is 12.1 Å². The minimum atomic E-state index is -0.0273. The van der Waals surface area contributed by atoms with Crippen LogP contribution in [0, 0.1) is 0 Å². The van der Waals surface area contributed by atoms with Crippen molar-refractivity contribution in [2.75, 3.05) is 13.2 Å². The average Bonchev–Trinajstić information content (AvgIpc) is 2.37. The van der Waals surface area contributed by atoms with Crippen LogP contribution in [0.4, 0.5) is 0 Å². The van der Waals surface area contributed by atoms with Crippen LogP contribution in [-0.4, -0.2) is 24.9 Å². The van der Waals surface area contributed by atoms with Crippen molar-refractivity contribution in [3.05, 3.63) is 28.2 Å². The van der Waals surface area contributed by atoms with Crippen LogP contribution in [0.3, 0.4) is 0 Å². The molecule has 1 spiro atoms. The van der Waals surface area contributed by atoms with Gasteiger partial charge >= 0.3 is 0 Å². The van der Waals surface area contributed by atoms with Gasteiger partial charge in [-0.05, 0) is 25.6 Å². The van der Waals surface area contributed by atoms with Gasteiger partial charge in [-0.3, -0.25) is 0 Å². The van der Waals surface area contributed by atoms with Crippen molar-refractivity contribution in [1.29, 1.82) is 0 Å². The number of halogens is 1. The zero-order valence-electron chi connectivity index (χ0n) is 12.1. The van der Waals surface area contributed by atoms with Gasteiger partial charge in [0.1, 0.15) is 11.4 Å². The van der Waals surface area contributed by atoms with E-state index in [1.54, 1.807) is 0 Å². The Bertz CT molecular complexity index is 485. The van der Waals surface area contributed by atoms with E-state index in [9.17, 15) is 0 Å². The van der Waals surface area contributed by atoms with Crippen molar-refractivity contribution in [3.63, 3.8) is 0 Å². The fourth-order valence-corrected chi connectivity index (χ4v) is 3.78. The first kappa shape index (κ1) is 14.4. The zero-order chi connectivity index (χ0) is 14.2. The van der Waals surface area contributed by atoms with Gasteiger partial charge in [-0.1, -0.05) is 28.9 Å². The molecule has 1 unspecified atom stereocenters. The molecule has 3 nitrogen and oxygen atoms in total. The number of ether oxygens (including phenoxy) is 2. The first-order valence-corrected chi connectivity index (χ1v) is 8.28. The van der Waals surface area contributed by atoms with Crippen LogP contribution in [0.2, 0.25) is 0 Å². The van der Waals surface area contributed by atoms with Crippen LogP contribution in [0.25, 0.3) is 0 Å². The smallest absolute Gasteiger partial charge is 0.126 e. The second kappa shape index (κ2) is 5.66.